The first-order chi connectivity index (χ1) is 13.2. The normalized spacial score (nSPS) is 17.9. The maximum Gasteiger partial charge on any atom is 0.322 e. The van der Waals surface area contributed by atoms with Crippen LogP contribution in [0.3, 0.4) is 0 Å². The minimum absolute atomic E-state index is 0.161. The van der Waals surface area contributed by atoms with E-state index in [0.29, 0.717) is 5.92 Å². The summed E-state index contributed by atoms with van der Waals surface area (Å²) in [7, 11) is 0. The summed E-state index contributed by atoms with van der Waals surface area (Å²) in [6.45, 7) is 6.13. The molecule has 5 heteroatoms. The van der Waals surface area contributed by atoms with E-state index >= 15 is 0 Å². The van der Waals surface area contributed by atoms with E-state index in [1.54, 1.807) is 0 Å². The van der Waals surface area contributed by atoms with Crippen LogP contribution in [0.25, 0.3) is 0 Å². The lowest BCUT2D eigenvalue weighted by Crippen LogP contribution is -2.32. The van der Waals surface area contributed by atoms with Crippen LogP contribution in [0.15, 0.2) is 42.5 Å². The number of hydrogen-bond acceptors (Lipinski definition) is 3. The van der Waals surface area contributed by atoms with E-state index in [1.807, 2.05) is 18.2 Å². The van der Waals surface area contributed by atoms with Crippen molar-refractivity contribution < 1.29 is 19.4 Å². The molecule has 5 nitrogen and oxygen atoms in total. The van der Waals surface area contributed by atoms with Crippen molar-refractivity contribution in [2.45, 2.75) is 51.6 Å². The first-order valence-corrected chi connectivity index (χ1v) is 9.62. The molecule has 3 rings (SSSR count). The number of carbonyl (C=O) groups excluding carboxylic acids is 1. The first kappa shape index (κ1) is 19.9. The number of benzene rings is 2. The molecule has 2 aromatic carbocycles. The number of carboxylic acid groups (broad SMARTS) is 1. The Balaban J connectivity index is 1.64. The van der Waals surface area contributed by atoms with Crippen molar-refractivity contribution in [1.29, 1.82) is 0 Å². The van der Waals surface area contributed by atoms with E-state index < -0.39 is 5.97 Å². The highest BCUT2D eigenvalue weighted by molar-refractivity contribution is 5.82. The molecule has 0 saturated carbocycles. The Morgan fingerprint density at radius 2 is 1.82 bits per heavy atom. The van der Waals surface area contributed by atoms with Gasteiger partial charge in [0.2, 0.25) is 5.91 Å². The zero-order valence-corrected chi connectivity index (χ0v) is 16.6. The zero-order valence-electron chi connectivity index (χ0n) is 16.6. The summed E-state index contributed by atoms with van der Waals surface area (Å²) in [6, 6.07) is 14.5. The molecule has 1 aliphatic heterocycles. The molecule has 1 heterocycles. The molecule has 2 aromatic rings. The molecular weight excluding hydrogens is 354 g/mol. The molecule has 0 spiro atoms. The zero-order chi connectivity index (χ0) is 20.3. The minimum atomic E-state index is -1.05. The van der Waals surface area contributed by atoms with Gasteiger partial charge in [0.05, 0.1) is 6.42 Å². The predicted octanol–water partition coefficient (Wildman–Crippen LogP) is 3.49. The van der Waals surface area contributed by atoms with Gasteiger partial charge in [-0.15, -0.1) is 0 Å². The van der Waals surface area contributed by atoms with Crippen molar-refractivity contribution in [3.8, 4) is 5.75 Å². The lowest BCUT2D eigenvalue weighted by Gasteiger charge is -2.24. The second-order valence-corrected chi connectivity index (χ2v) is 8.09. The Bertz CT molecular complexity index is 873. The van der Waals surface area contributed by atoms with Gasteiger partial charge in [0.15, 0.2) is 0 Å². The molecule has 0 fully saturated rings. The number of fused-ring (bicyclic) bond motifs is 1. The van der Waals surface area contributed by atoms with Gasteiger partial charge in [-0.25, -0.2) is 0 Å². The van der Waals surface area contributed by atoms with Crippen LogP contribution in [0.2, 0.25) is 0 Å². The van der Waals surface area contributed by atoms with Gasteiger partial charge in [0.1, 0.15) is 17.9 Å². The molecule has 2 N–H and O–H groups in total. The van der Waals surface area contributed by atoms with Crippen LogP contribution in [0.5, 0.6) is 5.75 Å². The van der Waals surface area contributed by atoms with Gasteiger partial charge in [-0.2, -0.15) is 0 Å². The smallest absolute Gasteiger partial charge is 0.322 e. The van der Waals surface area contributed by atoms with Crippen LogP contribution < -0.4 is 10.1 Å². The average Bonchev–Trinajstić information content (AvgIpc) is 2.95. The summed E-state index contributed by atoms with van der Waals surface area (Å²) in [5.41, 5.74) is 4.20. The average molecular weight is 381 g/mol. The van der Waals surface area contributed by atoms with Crippen molar-refractivity contribution in [3.05, 3.63) is 64.7 Å². The first-order valence-electron chi connectivity index (χ1n) is 9.62. The quantitative estimate of drug-likeness (QED) is 0.770. The highest BCUT2D eigenvalue weighted by atomic mass is 16.5. The molecule has 0 saturated heterocycles. The van der Waals surface area contributed by atoms with E-state index in [2.05, 4.69) is 50.4 Å². The molecule has 1 aliphatic rings. The number of hydrogen-bond donors (Lipinski definition) is 2. The number of rotatable bonds is 7. The fourth-order valence-corrected chi connectivity index (χ4v) is 3.66. The number of ether oxygens (including phenoxy) is 1. The summed E-state index contributed by atoms with van der Waals surface area (Å²) >= 11 is 0. The number of carboxylic acids is 1. The number of nitrogens with one attached hydrogen (secondary N) is 1. The fraction of sp³-hybridized carbons (Fsp3) is 0.391. The standard InChI is InChI=1S/C23H27NO4/c1-15(2)18-7-4-16(5-8-18)12-23(3)13-19-10-17(6-9-20(19)28-23)11-21(25)24-14-22(26)27/h4-10,15H,11-14H2,1-3H3,(H,24,25)(H,26,27)/t23-/m1/s1. The number of amides is 1. The van der Waals surface area contributed by atoms with Gasteiger partial charge in [0, 0.05) is 12.8 Å². The Labute approximate surface area is 165 Å². The summed E-state index contributed by atoms with van der Waals surface area (Å²) in [4.78, 5) is 22.4. The van der Waals surface area contributed by atoms with Crippen LogP contribution in [-0.2, 0) is 28.9 Å². The fourth-order valence-electron chi connectivity index (χ4n) is 3.66. The molecule has 28 heavy (non-hydrogen) atoms. The molecule has 0 aromatic heterocycles. The molecule has 0 unspecified atom stereocenters. The third kappa shape index (κ3) is 4.91. The van der Waals surface area contributed by atoms with Crippen LogP contribution >= 0.6 is 0 Å². The topological polar surface area (TPSA) is 75.6 Å². The predicted molar refractivity (Wildman–Crippen MR) is 108 cm³/mol. The van der Waals surface area contributed by atoms with Crippen LogP contribution in [0, 0.1) is 0 Å². The van der Waals surface area contributed by atoms with Crippen molar-refractivity contribution in [3.63, 3.8) is 0 Å². The maximum absolute atomic E-state index is 11.9. The number of aliphatic carboxylic acids is 1. The van der Waals surface area contributed by atoms with Crippen molar-refractivity contribution >= 4 is 11.9 Å². The number of carbonyl (C=O) groups is 2. The van der Waals surface area contributed by atoms with Crippen molar-refractivity contribution in [2.24, 2.45) is 0 Å². The van der Waals surface area contributed by atoms with Crippen LogP contribution in [0.4, 0.5) is 0 Å². The Morgan fingerprint density at radius 1 is 1.14 bits per heavy atom. The van der Waals surface area contributed by atoms with Crippen LogP contribution in [-0.4, -0.2) is 29.1 Å². The maximum atomic E-state index is 11.9. The second kappa shape index (κ2) is 8.05. The van der Waals surface area contributed by atoms with Crippen LogP contribution in [0.1, 0.15) is 48.9 Å². The second-order valence-electron chi connectivity index (χ2n) is 8.09. The van der Waals surface area contributed by atoms with Gasteiger partial charge in [-0.3, -0.25) is 9.59 Å². The lowest BCUT2D eigenvalue weighted by molar-refractivity contribution is -0.137. The summed E-state index contributed by atoms with van der Waals surface area (Å²) in [6.07, 6.45) is 1.75. The molecule has 1 atom stereocenters. The van der Waals surface area contributed by atoms with E-state index in [9.17, 15) is 9.59 Å². The highest BCUT2D eigenvalue weighted by Gasteiger charge is 2.35. The van der Waals surface area contributed by atoms with E-state index in [4.69, 9.17) is 9.84 Å². The molecular formula is C23H27NO4. The van der Waals surface area contributed by atoms with Gasteiger partial charge in [-0.1, -0.05) is 50.2 Å². The summed E-state index contributed by atoms with van der Waals surface area (Å²) < 4.78 is 6.24. The van der Waals surface area contributed by atoms with Gasteiger partial charge in [-0.05, 0) is 41.2 Å². The Hall–Kier alpha value is -2.82. The molecule has 1 amide bonds. The molecule has 0 radical (unpaired) electrons. The molecule has 0 aliphatic carbocycles. The summed E-state index contributed by atoms with van der Waals surface area (Å²) in [5, 5.41) is 11.0. The third-order valence-corrected chi connectivity index (χ3v) is 5.07. The van der Waals surface area contributed by atoms with E-state index in [-0.39, 0.29) is 24.5 Å². The van der Waals surface area contributed by atoms with Crippen molar-refractivity contribution in [1.82, 2.24) is 5.32 Å². The third-order valence-electron chi connectivity index (χ3n) is 5.07. The Kier molecular flexibility index (Phi) is 5.73. The Morgan fingerprint density at radius 3 is 2.46 bits per heavy atom. The van der Waals surface area contributed by atoms with Crippen molar-refractivity contribution in [2.75, 3.05) is 6.54 Å². The van der Waals surface area contributed by atoms with Gasteiger partial charge in [0.25, 0.3) is 0 Å². The lowest BCUT2D eigenvalue weighted by atomic mass is 9.90. The van der Waals surface area contributed by atoms with E-state index in [1.165, 1.54) is 11.1 Å². The SMILES string of the molecule is CC(C)c1ccc(C[C@]2(C)Cc3cc(CC(=O)NCC(=O)O)ccc3O2)cc1. The highest BCUT2D eigenvalue weighted by Crippen LogP contribution is 2.37. The molecule has 148 valence electrons. The summed E-state index contributed by atoms with van der Waals surface area (Å²) in [5.74, 6) is 0.0286. The minimum Gasteiger partial charge on any atom is -0.487 e. The monoisotopic (exact) mass is 381 g/mol. The molecule has 0 bridgehead atoms. The van der Waals surface area contributed by atoms with Gasteiger partial charge < -0.3 is 15.2 Å². The van der Waals surface area contributed by atoms with E-state index in [0.717, 1.165) is 29.7 Å². The van der Waals surface area contributed by atoms with Gasteiger partial charge >= 0.3 is 5.97 Å². The largest absolute Gasteiger partial charge is 0.487 e.